The molecule has 0 aliphatic carbocycles. The average Bonchev–Trinajstić information content (AvgIpc) is 3.06. The van der Waals surface area contributed by atoms with Gasteiger partial charge in [0.25, 0.3) is 5.91 Å². The van der Waals surface area contributed by atoms with Gasteiger partial charge in [0.2, 0.25) is 0 Å². The largest absolute Gasteiger partial charge is 0.383 e. The van der Waals surface area contributed by atoms with Crippen molar-refractivity contribution in [3.8, 4) is 0 Å². The van der Waals surface area contributed by atoms with Crippen LogP contribution in [0.1, 0.15) is 29.8 Å². The van der Waals surface area contributed by atoms with Gasteiger partial charge in [-0.3, -0.25) is 4.79 Å². The van der Waals surface area contributed by atoms with E-state index in [2.05, 4.69) is 47.4 Å². The van der Waals surface area contributed by atoms with Crippen LogP contribution in [-0.4, -0.2) is 37.3 Å². The van der Waals surface area contributed by atoms with E-state index in [4.69, 9.17) is 4.74 Å². The number of thiazole rings is 1. The van der Waals surface area contributed by atoms with Gasteiger partial charge in [0.05, 0.1) is 16.8 Å². The Morgan fingerprint density at radius 2 is 1.86 bits per heavy atom. The summed E-state index contributed by atoms with van der Waals surface area (Å²) in [6.45, 7) is 9.44. The number of nitrogens with zero attached hydrogens (tertiary/aromatic N) is 3. The van der Waals surface area contributed by atoms with E-state index in [-0.39, 0.29) is 5.91 Å². The Balaban J connectivity index is 1.99. The highest BCUT2D eigenvalue weighted by Gasteiger charge is 2.11. The molecule has 6 heteroatoms. The number of rotatable bonds is 7. The van der Waals surface area contributed by atoms with E-state index >= 15 is 0 Å². The average molecular weight is 398 g/mol. The van der Waals surface area contributed by atoms with E-state index in [1.165, 1.54) is 16.9 Å². The van der Waals surface area contributed by atoms with Crippen molar-refractivity contribution < 1.29 is 9.53 Å². The summed E-state index contributed by atoms with van der Waals surface area (Å²) in [7, 11) is 1.68. The molecular weight excluding hydrogens is 370 g/mol. The van der Waals surface area contributed by atoms with E-state index < -0.39 is 0 Å². The third kappa shape index (κ3) is 4.18. The molecule has 28 heavy (non-hydrogen) atoms. The number of carbonyl (C=O) groups excluding carboxylic acids is 1. The maximum absolute atomic E-state index is 12.8. The summed E-state index contributed by atoms with van der Waals surface area (Å²) in [6.07, 6.45) is 0. The number of hydrogen-bond donors (Lipinski definition) is 0. The Labute approximate surface area is 169 Å². The molecule has 148 valence electrons. The third-order valence-corrected chi connectivity index (χ3v) is 5.91. The number of aromatic nitrogens is 1. The van der Waals surface area contributed by atoms with Crippen molar-refractivity contribution in [2.24, 2.45) is 4.99 Å². The summed E-state index contributed by atoms with van der Waals surface area (Å²) in [5, 5.41) is 0. The minimum Gasteiger partial charge on any atom is -0.383 e. The fourth-order valence-electron chi connectivity index (χ4n) is 3.34. The van der Waals surface area contributed by atoms with Crippen LogP contribution < -0.4 is 9.70 Å². The summed E-state index contributed by atoms with van der Waals surface area (Å²) >= 11 is 1.54. The molecule has 1 heterocycles. The Hall–Kier alpha value is -2.44. The minimum absolute atomic E-state index is 0.221. The molecule has 3 rings (SSSR count). The summed E-state index contributed by atoms with van der Waals surface area (Å²) < 4.78 is 8.47. The number of ether oxygens (including phenoxy) is 1. The molecule has 5 nitrogen and oxygen atoms in total. The highest BCUT2D eigenvalue weighted by molar-refractivity contribution is 7.16. The van der Waals surface area contributed by atoms with Gasteiger partial charge in [-0.1, -0.05) is 23.5 Å². The predicted molar refractivity (Wildman–Crippen MR) is 116 cm³/mol. The van der Waals surface area contributed by atoms with Crippen LogP contribution >= 0.6 is 11.3 Å². The Morgan fingerprint density at radius 1 is 1.14 bits per heavy atom. The molecule has 1 aromatic heterocycles. The van der Waals surface area contributed by atoms with Crippen LogP contribution in [0.5, 0.6) is 0 Å². The molecule has 0 N–H and O–H groups in total. The number of amides is 1. The molecule has 2 aromatic carbocycles. The van der Waals surface area contributed by atoms with Crippen LogP contribution in [0.3, 0.4) is 0 Å². The normalized spacial score (nSPS) is 11.9. The number of hydrogen-bond acceptors (Lipinski definition) is 4. The van der Waals surface area contributed by atoms with E-state index in [9.17, 15) is 4.79 Å². The minimum atomic E-state index is -0.221. The van der Waals surface area contributed by atoms with Crippen molar-refractivity contribution in [1.82, 2.24) is 4.57 Å². The molecule has 0 atom stereocenters. The molecule has 0 aliphatic rings. The summed E-state index contributed by atoms with van der Waals surface area (Å²) in [4.78, 5) is 20.2. The van der Waals surface area contributed by atoms with Crippen molar-refractivity contribution in [2.75, 3.05) is 31.7 Å². The molecule has 0 fully saturated rings. The number of para-hydroxylation sites is 1. The van der Waals surface area contributed by atoms with Gasteiger partial charge in [0, 0.05) is 38.0 Å². The topological polar surface area (TPSA) is 46.8 Å². The quantitative estimate of drug-likeness (QED) is 0.599. The first-order valence-electron chi connectivity index (χ1n) is 9.61. The van der Waals surface area contributed by atoms with Gasteiger partial charge in [0.1, 0.15) is 0 Å². The van der Waals surface area contributed by atoms with E-state index in [0.29, 0.717) is 23.5 Å². The number of methoxy groups -OCH3 is 1. The smallest absolute Gasteiger partial charge is 0.279 e. The zero-order valence-electron chi connectivity index (χ0n) is 16.9. The highest BCUT2D eigenvalue weighted by atomic mass is 32.1. The molecule has 0 spiro atoms. The molecular formula is C22H27N3O2S. The molecule has 0 saturated carbocycles. The fourth-order valence-corrected chi connectivity index (χ4v) is 4.47. The SMILES string of the molecule is CCN(CC)c1ccc(C(=O)N=c2sc3cccc(C)c3n2CCOC)cc1. The molecule has 3 aromatic rings. The van der Waals surface area contributed by atoms with E-state index in [1.807, 2.05) is 30.3 Å². The van der Waals surface area contributed by atoms with Crippen LogP contribution in [0, 0.1) is 6.92 Å². The van der Waals surface area contributed by atoms with E-state index in [0.717, 1.165) is 29.0 Å². The van der Waals surface area contributed by atoms with Gasteiger partial charge in [-0.25, -0.2) is 0 Å². The van der Waals surface area contributed by atoms with Gasteiger partial charge < -0.3 is 14.2 Å². The van der Waals surface area contributed by atoms with Crippen molar-refractivity contribution >= 4 is 33.1 Å². The Kier molecular flexibility index (Phi) is 6.65. The van der Waals surface area contributed by atoms with Gasteiger partial charge >= 0.3 is 0 Å². The van der Waals surface area contributed by atoms with Gasteiger partial charge in [-0.05, 0) is 56.7 Å². The van der Waals surface area contributed by atoms with Crippen molar-refractivity contribution in [3.05, 3.63) is 58.4 Å². The number of aryl methyl sites for hydroxylation is 1. The monoisotopic (exact) mass is 397 g/mol. The lowest BCUT2D eigenvalue weighted by Crippen LogP contribution is -2.21. The molecule has 0 bridgehead atoms. The zero-order valence-corrected chi connectivity index (χ0v) is 17.8. The molecule has 0 radical (unpaired) electrons. The summed E-state index contributed by atoms with van der Waals surface area (Å²) in [6, 6.07) is 13.9. The molecule has 0 saturated heterocycles. The Morgan fingerprint density at radius 3 is 2.50 bits per heavy atom. The number of benzene rings is 2. The maximum atomic E-state index is 12.8. The predicted octanol–water partition coefficient (Wildman–Crippen LogP) is 4.24. The second kappa shape index (κ2) is 9.17. The lowest BCUT2D eigenvalue weighted by Gasteiger charge is -2.20. The van der Waals surface area contributed by atoms with Gasteiger partial charge in [-0.2, -0.15) is 4.99 Å². The number of anilines is 1. The van der Waals surface area contributed by atoms with Crippen molar-refractivity contribution in [1.29, 1.82) is 0 Å². The van der Waals surface area contributed by atoms with Crippen LogP contribution in [-0.2, 0) is 11.3 Å². The first kappa shape index (κ1) is 20.3. The first-order valence-corrected chi connectivity index (χ1v) is 10.4. The zero-order chi connectivity index (χ0) is 20.1. The van der Waals surface area contributed by atoms with Crippen LogP contribution in [0.4, 0.5) is 5.69 Å². The standard InChI is InChI=1S/C22H27N3O2S/c1-5-24(6-2)18-12-10-17(11-13-18)21(26)23-22-25(14-15-27-4)20-16(3)8-7-9-19(20)28-22/h7-13H,5-6,14-15H2,1-4H3. The lowest BCUT2D eigenvalue weighted by atomic mass is 10.2. The molecule has 1 amide bonds. The van der Waals surface area contributed by atoms with Crippen LogP contribution in [0.25, 0.3) is 10.2 Å². The number of fused-ring (bicyclic) bond motifs is 1. The Bertz CT molecular complexity index is 1010. The number of carbonyl (C=O) groups is 1. The lowest BCUT2D eigenvalue weighted by molar-refractivity contribution is 0.0997. The maximum Gasteiger partial charge on any atom is 0.279 e. The second-order valence-corrected chi connectivity index (χ2v) is 7.60. The van der Waals surface area contributed by atoms with Crippen molar-refractivity contribution in [3.63, 3.8) is 0 Å². The summed E-state index contributed by atoms with van der Waals surface area (Å²) in [5.74, 6) is -0.221. The highest BCUT2D eigenvalue weighted by Crippen LogP contribution is 2.21. The van der Waals surface area contributed by atoms with E-state index in [1.54, 1.807) is 7.11 Å². The first-order chi connectivity index (χ1) is 13.6. The van der Waals surface area contributed by atoms with Crippen LogP contribution in [0.2, 0.25) is 0 Å². The van der Waals surface area contributed by atoms with Gasteiger partial charge in [-0.15, -0.1) is 0 Å². The third-order valence-electron chi connectivity index (χ3n) is 4.86. The second-order valence-electron chi connectivity index (χ2n) is 6.59. The fraction of sp³-hybridized carbons (Fsp3) is 0.364. The van der Waals surface area contributed by atoms with Gasteiger partial charge in [0.15, 0.2) is 4.80 Å². The van der Waals surface area contributed by atoms with Crippen molar-refractivity contribution in [2.45, 2.75) is 27.3 Å². The molecule has 0 unspecified atom stereocenters. The molecule has 0 aliphatic heterocycles. The van der Waals surface area contributed by atoms with Crippen LogP contribution in [0.15, 0.2) is 47.5 Å². The summed E-state index contributed by atoms with van der Waals surface area (Å²) in [5.41, 5.74) is 4.01.